The lowest BCUT2D eigenvalue weighted by Gasteiger charge is -2.10. The van der Waals surface area contributed by atoms with E-state index in [1.165, 1.54) is 24.5 Å². The number of benzene rings is 1. The Morgan fingerprint density at radius 2 is 1.81 bits per heavy atom. The Morgan fingerprint density at radius 3 is 2.48 bits per heavy atom. The Labute approximate surface area is 152 Å². The van der Waals surface area contributed by atoms with E-state index in [0.717, 1.165) is 17.7 Å². The fourth-order valence-corrected chi connectivity index (χ4v) is 2.20. The number of nitrogens with one attached hydrogen (secondary N) is 2. The molecule has 0 atom stereocenters. The van der Waals surface area contributed by atoms with Gasteiger partial charge in [0.15, 0.2) is 0 Å². The summed E-state index contributed by atoms with van der Waals surface area (Å²) in [6, 6.07) is 8.26. The monoisotopic (exact) mass is 373 g/mol. The van der Waals surface area contributed by atoms with Gasteiger partial charge in [-0.15, -0.1) is 0 Å². The van der Waals surface area contributed by atoms with Crippen LogP contribution in [0.15, 0.2) is 61.2 Å². The van der Waals surface area contributed by atoms with E-state index >= 15 is 0 Å². The van der Waals surface area contributed by atoms with Crippen LogP contribution in [0.2, 0.25) is 0 Å². The Kier molecular flexibility index (Phi) is 5.30. The minimum atomic E-state index is -4.43. The van der Waals surface area contributed by atoms with Crippen molar-refractivity contribution in [3.63, 3.8) is 0 Å². The summed E-state index contributed by atoms with van der Waals surface area (Å²) in [5.74, 6) is -0.190. The molecular formula is C18H14F3N5O. The Bertz CT molecular complexity index is 914. The van der Waals surface area contributed by atoms with Gasteiger partial charge >= 0.3 is 6.18 Å². The van der Waals surface area contributed by atoms with E-state index in [1.807, 2.05) is 0 Å². The molecule has 6 nitrogen and oxygen atoms in total. The van der Waals surface area contributed by atoms with Crippen LogP contribution in [0.5, 0.6) is 0 Å². The van der Waals surface area contributed by atoms with Gasteiger partial charge < -0.3 is 10.6 Å². The lowest BCUT2D eigenvalue weighted by molar-refractivity contribution is -0.137. The van der Waals surface area contributed by atoms with Gasteiger partial charge in [0.1, 0.15) is 11.5 Å². The van der Waals surface area contributed by atoms with E-state index < -0.39 is 17.6 Å². The number of carbonyl (C=O) groups excluding carboxylic acids is 1. The summed E-state index contributed by atoms with van der Waals surface area (Å²) < 4.78 is 38.2. The molecule has 0 radical (unpaired) electrons. The Hall–Kier alpha value is -3.49. The normalized spacial score (nSPS) is 11.1. The molecule has 0 saturated heterocycles. The molecule has 2 heterocycles. The molecule has 0 fully saturated rings. The van der Waals surface area contributed by atoms with Crippen molar-refractivity contribution in [3.05, 3.63) is 78.0 Å². The van der Waals surface area contributed by atoms with Crippen molar-refractivity contribution >= 4 is 17.4 Å². The molecule has 0 saturated carbocycles. The number of rotatable bonds is 5. The number of hydrogen-bond donors (Lipinski definition) is 2. The second kappa shape index (κ2) is 7.81. The van der Waals surface area contributed by atoms with Gasteiger partial charge in [-0.05, 0) is 35.9 Å². The molecule has 0 aliphatic rings. The van der Waals surface area contributed by atoms with Crippen LogP contribution < -0.4 is 10.6 Å². The molecule has 0 unspecified atom stereocenters. The molecule has 9 heteroatoms. The van der Waals surface area contributed by atoms with Gasteiger partial charge in [0, 0.05) is 24.6 Å². The standard InChI is InChI=1S/C18H14F3N5O/c19-18(20,21)13-2-1-3-14(8-13)26-16-11-23-15(10-24-16)17(27)25-9-12-4-6-22-7-5-12/h1-8,10-11H,9H2,(H,24,26)(H,25,27). The van der Waals surface area contributed by atoms with Crippen molar-refractivity contribution in [2.24, 2.45) is 0 Å². The van der Waals surface area contributed by atoms with Crippen molar-refractivity contribution in [1.82, 2.24) is 20.3 Å². The number of hydrogen-bond acceptors (Lipinski definition) is 5. The molecule has 0 bridgehead atoms. The van der Waals surface area contributed by atoms with Crippen molar-refractivity contribution in [2.45, 2.75) is 12.7 Å². The van der Waals surface area contributed by atoms with Crippen LogP contribution in [-0.2, 0) is 12.7 Å². The average molecular weight is 373 g/mol. The zero-order chi connectivity index (χ0) is 19.3. The first-order valence-electron chi connectivity index (χ1n) is 7.85. The van der Waals surface area contributed by atoms with Crippen molar-refractivity contribution in [3.8, 4) is 0 Å². The maximum Gasteiger partial charge on any atom is 0.416 e. The highest BCUT2D eigenvalue weighted by molar-refractivity contribution is 5.92. The molecule has 138 valence electrons. The number of aromatic nitrogens is 3. The summed E-state index contributed by atoms with van der Waals surface area (Å²) in [4.78, 5) is 24.0. The number of halogens is 3. The van der Waals surface area contributed by atoms with Crippen LogP contribution in [-0.4, -0.2) is 20.9 Å². The lowest BCUT2D eigenvalue weighted by atomic mass is 10.2. The molecule has 0 aliphatic carbocycles. The van der Waals surface area contributed by atoms with E-state index in [1.54, 1.807) is 24.5 Å². The highest BCUT2D eigenvalue weighted by atomic mass is 19.4. The number of carbonyl (C=O) groups is 1. The van der Waals surface area contributed by atoms with Gasteiger partial charge in [-0.25, -0.2) is 9.97 Å². The maximum absolute atomic E-state index is 12.7. The number of pyridine rings is 1. The van der Waals surface area contributed by atoms with Crippen molar-refractivity contribution in [1.29, 1.82) is 0 Å². The number of anilines is 2. The summed E-state index contributed by atoms with van der Waals surface area (Å²) >= 11 is 0. The highest BCUT2D eigenvalue weighted by Gasteiger charge is 2.30. The Morgan fingerprint density at radius 1 is 1.04 bits per heavy atom. The predicted molar refractivity (Wildman–Crippen MR) is 92.2 cm³/mol. The van der Waals surface area contributed by atoms with Crippen LogP contribution in [0.1, 0.15) is 21.6 Å². The predicted octanol–water partition coefficient (Wildman–Crippen LogP) is 3.56. The first-order chi connectivity index (χ1) is 12.9. The maximum atomic E-state index is 12.7. The van der Waals surface area contributed by atoms with Gasteiger partial charge in [0.2, 0.25) is 0 Å². The van der Waals surface area contributed by atoms with E-state index in [0.29, 0.717) is 6.54 Å². The first-order valence-corrected chi connectivity index (χ1v) is 7.85. The highest BCUT2D eigenvalue weighted by Crippen LogP contribution is 2.31. The number of alkyl halides is 3. The lowest BCUT2D eigenvalue weighted by Crippen LogP contribution is -2.24. The van der Waals surface area contributed by atoms with Crippen molar-refractivity contribution < 1.29 is 18.0 Å². The Balaban J connectivity index is 1.62. The second-order valence-electron chi connectivity index (χ2n) is 5.53. The number of amides is 1. The summed E-state index contributed by atoms with van der Waals surface area (Å²) in [6.45, 7) is 0.313. The van der Waals surface area contributed by atoms with Gasteiger partial charge in [-0.2, -0.15) is 13.2 Å². The van der Waals surface area contributed by atoms with Gasteiger partial charge in [0.05, 0.1) is 18.0 Å². The summed E-state index contributed by atoms with van der Waals surface area (Å²) in [6.07, 6.45) is 1.34. The van der Waals surface area contributed by atoms with Gasteiger partial charge in [-0.1, -0.05) is 6.07 Å². The van der Waals surface area contributed by atoms with Crippen LogP contribution in [0, 0.1) is 0 Å². The average Bonchev–Trinajstić information content (AvgIpc) is 2.67. The smallest absolute Gasteiger partial charge is 0.347 e. The van der Waals surface area contributed by atoms with Crippen LogP contribution in [0.25, 0.3) is 0 Å². The van der Waals surface area contributed by atoms with Crippen LogP contribution >= 0.6 is 0 Å². The molecule has 1 aromatic carbocycles. The molecule has 3 rings (SSSR count). The molecule has 0 spiro atoms. The molecule has 1 amide bonds. The topological polar surface area (TPSA) is 79.8 Å². The molecule has 27 heavy (non-hydrogen) atoms. The van der Waals surface area contributed by atoms with Crippen LogP contribution in [0.4, 0.5) is 24.7 Å². The largest absolute Gasteiger partial charge is 0.416 e. The zero-order valence-electron chi connectivity index (χ0n) is 13.9. The van der Waals surface area contributed by atoms with E-state index in [2.05, 4.69) is 25.6 Å². The summed E-state index contributed by atoms with van der Waals surface area (Å²) in [5, 5.41) is 5.42. The van der Waals surface area contributed by atoms with Gasteiger partial charge in [-0.3, -0.25) is 9.78 Å². The fraction of sp³-hybridized carbons (Fsp3) is 0.111. The van der Waals surface area contributed by atoms with E-state index in [-0.39, 0.29) is 17.2 Å². The van der Waals surface area contributed by atoms with Crippen molar-refractivity contribution in [2.75, 3.05) is 5.32 Å². The molecule has 0 aliphatic heterocycles. The third-order valence-corrected chi connectivity index (χ3v) is 3.55. The molecule has 2 aromatic heterocycles. The zero-order valence-corrected chi connectivity index (χ0v) is 13.9. The van der Waals surface area contributed by atoms with E-state index in [4.69, 9.17) is 0 Å². The quantitative estimate of drug-likeness (QED) is 0.715. The number of nitrogens with zero attached hydrogens (tertiary/aromatic N) is 3. The van der Waals surface area contributed by atoms with E-state index in [9.17, 15) is 18.0 Å². The molecule has 2 N–H and O–H groups in total. The minimum Gasteiger partial charge on any atom is -0.347 e. The summed E-state index contributed by atoms with van der Waals surface area (Å²) in [7, 11) is 0. The molecular weight excluding hydrogens is 359 g/mol. The van der Waals surface area contributed by atoms with Gasteiger partial charge in [0.25, 0.3) is 5.91 Å². The summed E-state index contributed by atoms with van der Waals surface area (Å²) in [5.41, 5.74) is 0.425. The molecule has 3 aromatic rings. The van der Waals surface area contributed by atoms with Crippen LogP contribution in [0.3, 0.4) is 0 Å². The first kappa shape index (κ1) is 18.3. The second-order valence-corrected chi connectivity index (χ2v) is 5.53. The minimum absolute atomic E-state index is 0.0960. The SMILES string of the molecule is O=C(NCc1ccncc1)c1cnc(Nc2cccc(C(F)(F)F)c2)cn1. The third-order valence-electron chi connectivity index (χ3n) is 3.55. The third kappa shape index (κ3) is 5.00. The fourth-order valence-electron chi connectivity index (χ4n) is 2.20.